The highest BCUT2D eigenvalue weighted by Crippen LogP contribution is 2.21. The van der Waals surface area contributed by atoms with Crippen LogP contribution in [0.4, 0.5) is 9.18 Å². The van der Waals surface area contributed by atoms with Gasteiger partial charge in [0.2, 0.25) is 0 Å². The van der Waals surface area contributed by atoms with Crippen molar-refractivity contribution < 1.29 is 18.7 Å². The van der Waals surface area contributed by atoms with E-state index in [1.54, 1.807) is 25.3 Å². The number of hydrogen-bond donors (Lipinski definition) is 1. The summed E-state index contributed by atoms with van der Waals surface area (Å²) in [5, 5.41) is 2.62. The van der Waals surface area contributed by atoms with Crippen molar-refractivity contribution in [3.63, 3.8) is 0 Å². The van der Waals surface area contributed by atoms with Crippen LogP contribution in [-0.2, 0) is 22.6 Å². The van der Waals surface area contributed by atoms with Crippen molar-refractivity contribution in [2.24, 2.45) is 0 Å². The SMILES string of the molecule is COCCn1c(C)cc(C=C2NC(=O)N(Cc3ccc(F)cc3)C2=O)c1C. The van der Waals surface area contributed by atoms with E-state index in [1.165, 1.54) is 12.1 Å². The molecule has 1 N–H and O–H groups in total. The van der Waals surface area contributed by atoms with Crippen molar-refractivity contribution in [1.29, 1.82) is 0 Å². The number of methoxy groups -OCH3 is 1. The molecule has 142 valence electrons. The molecule has 27 heavy (non-hydrogen) atoms. The number of nitrogens with zero attached hydrogens (tertiary/aromatic N) is 2. The summed E-state index contributed by atoms with van der Waals surface area (Å²) in [4.78, 5) is 26.0. The maximum atomic E-state index is 13.0. The summed E-state index contributed by atoms with van der Waals surface area (Å²) in [7, 11) is 1.65. The van der Waals surface area contributed by atoms with Crippen LogP contribution in [0.15, 0.2) is 36.0 Å². The number of hydrogen-bond acceptors (Lipinski definition) is 3. The average molecular weight is 371 g/mol. The predicted octanol–water partition coefficient (Wildman–Crippen LogP) is 2.98. The Bertz CT molecular complexity index is 900. The van der Waals surface area contributed by atoms with E-state index in [0.29, 0.717) is 18.7 Å². The van der Waals surface area contributed by atoms with Crippen LogP contribution in [0.2, 0.25) is 0 Å². The molecule has 0 saturated carbocycles. The number of aryl methyl sites for hydroxylation is 1. The van der Waals surface area contributed by atoms with Gasteiger partial charge in [0.1, 0.15) is 11.5 Å². The van der Waals surface area contributed by atoms with E-state index in [9.17, 15) is 14.0 Å². The largest absolute Gasteiger partial charge is 0.383 e. The van der Waals surface area contributed by atoms with E-state index in [1.807, 2.05) is 19.9 Å². The van der Waals surface area contributed by atoms with Gasteiger partial charge in [-0.3, -0.25) is 9.69 Å². The van der Waals surface area contributed by atoms with Gasteiger partial charge in [-0.05, 0) is 49.2 Å². The molecular formula is C20H22FN3O3. The van der Waals surface area contributed by atoms with Crippen molar-refractivity contribution in [1.82, 2.24) is 14.8 Å². The highest BCUT2D eigenvalue weighted by Gasteiger charge is 2.33. The van der Waals surface area contributed by atoms with Gasteiger partial charge in [0, 0.05) is 25.0 Å². The zero-order valence-corrected chi connectivity index (χ0v) is 15.6. The third kappa shape index (κ3) is 3.93. The molecule has 0 unspecified atom stereocenters. The highest BCUT2D eigenvalue weighted by atomic mass is 19.1. The van der Waals surface area contributed by atoms with Crippen LogP contribution in [0.1, 0.15) is 22.5 Å². The summed E-state index contributed by atoms with van der Waals surface area (Å²) in [6.07, 6.45) is 1.69. The van der Waals surface area contributed by atoms with Gasteiger partial charge in [0.25, 0.3) is 5.91 Å². The predicted molar refractivity (Wildman–Crippen MR) is 99.2 cm³/mol. The van der Waals surface area contributed by atoms with Gasteiger partial charge >= 0.3 is 6.03 Å². The second-order valence-corrected chi connectivity index (χ2v) is 6.48. The lowest BCUT2D eigenvalue weighted by Crippen LogP contribution is -2.30. The summed E-state index contributed by atoms with van der Waals surface area (Å²) in [6.45, 7) is 5.35. The number of benzene rings is 1. The van der Waals surface area contributed by atoms with E-state index >= 15 is 0 Å². The van der Waals surface area contributed by atoms with Crippen LogP contribution in [0.25, 0.3) is 6.08 Å². The lowest BCUT2D eigenvalue weighted by atomic mass is 10.2. The quantitative estimate of drug-likeness (QED) is 0.627. The van der Waals surface area contributed by atoms with Crippen LogP contribution in [0.5, 0.6) is 0 Å². The van der Waals surface area contributed by atoms with Crippen molar-refractivity contribution >= 4 is 18.0 Å². The second kappa shape index (κ2) is 7.75. The minimum Gasteiger partial charge on any atom is -0.383 e. The Morgan fingerprint density at radius 1 is 1.19 bits per heavy atom. The van der Waals surface area contributed by atoms with Crippen molar-refractivity contribution in [2.45, 2.75) is 26.9 Å². The number of amides is 3. The molecule has 0 bridgehead atoms. The molecule has 0 spiro atoms. The van der Waals surface area contributed by atoms with E-state index < -0.39 is 11.9 Å². The Kier molecular flexibility index (Phi) is 5.41. The number of carbonyl (C=O) groups excluding carboxylic acids is 2. The van der Waals surface area contributed by atoms with Crippen LogP contribution in [0.3, 0.4) is 0 Å². The molecule has 1 aliphatic heterocycles. The van der Waals surface area contributed by atoms with Gasteiger partial charge in [-0.25, -0.2) is 9.18 Å². The van der Waals surface area contributed by atoms with Gasteiger partial charge in [-0.1, -0.05) is 12.1 Å². The smallest absolute Gasteiger partial charge is 0.329 e. The van der Waals surface area contributed by atoms with E-state index in [-0.39, 0.29) is 18.1 Å². The molecule has 7 heteroatoms. The maximum absolute atomic E-state index is 13.0. The minimum atomic E-state index is -0.483. The lowest BCUT2D eigenvalue weighted by molar-refractivity contribution is -0.123. The van der Waals surface area contributed by atoms with Gasteiger partial charge < -0.3 is 14.6 Å². The first-order chi connectivity index (χ1) is 12.9. The molecule has 0 radical (unpaired) electrons. The molecule has 0 atom stereocenters. The molecule has 1 aromatic carbocycles. The van der Waals surface area contributed by atoms with Crippen LogP contribution in [-0.4, -0.2) is 35.1 Å². The molecule has 0 aliphatic carbocycles. The fraction of sp³-hybridized carbons (Fsp3) is 0.300. The number of aromatic nitrogens is 1. The number of halogens is 1. The maximum Gasteiger partial charge on any atom is 0.329 e. The molecule has 1 saturated heterocycles. The van der Waals surface area contributed by atoms with Crippen LogP contribution in [0, 0.1) is 19.7 Å². The summed E-state index contributed by atoms with van der Waals surface area (Å²) in [5.74, 6) is -0.758. The van der Waals surface area contributed by atoms with Gasteiger partial charge in [0.05, 0.1) is 13.2 Å². The Hall–Kier alpha value is -2.93. The van der Waals surface area contributed by atoms with Crippen LogP contribution >= 0.6 is 0 Å². The number of urea groups is 1. The first kappa shape index (κ1) is 18.8. The van der Waals surface area contributed by atoms with Gasteiger partial charge in [-0.15, -0.1) is 0 Å². The third-order valence-electron chi connectivity index (χ3n) is 4.65. The summed E-state index contributed by atoms with van der Waals surface area (Å²) < 4.78 is 20.3. The van der Waals surface area contributed by atoms with E-state index in [0.717, 1.165) is 21.9 Å². The first-order valence-electron chi connectivity index (χ1n) is 8.65. The zero-order valence-electron chi connectivity index (χ0n) is 15.6. The van der Waals surface area contributed by atoms with Crippen molar-refractivity contribution in [3.8, 4) is 0 Å². The third-order valence-corrected chi connectivity index (χ3v) is 4.65. The number of rotatable bonds is 6. The first-order valence-corrected chi connectivity index (χ1v) is 8.65. The van der Waals surface area contributed by atoms with Crippen LogP contribution < -0.4 is 5.32 Å². The Morgan fingerprint density at radius 2 is 1.89 bits per heavy atom. The summed E-state index contributed by atoms with van der Waals surface area (Å²) in [5.41, 5.74) is 3.83. The molecular weight excluding hydrogens is 349 g/mol. The topological polar surface area (TPSA) is 63.6 Å². The Labute approximate surface area is 157 Å². The molecule has 3 rings (SSSR count). The minimum absolute atomic E-state index is 0.0924. The van der Waals surface area contributed by atoms with E-state index in [2.05, 4.69) is 9.88 Å². The zero-order chi connectivity index (χ0) is 19.6. The normalized spacial score (nSPS) is 15.7. The molecule has 1 fully saturated rings. The standard InChI is InChI=1S/C20H22FN3O3/c1-13-10-16(14(2)23(13)8-9-27-3)11-18-19(25)24(20(26)22-18)12-15-4-6-17(21)7-5-15/h4-7,10-11H,8-9,12H2,1-3H3,(H,22,26). The fourth-order valence-electron chi connectivity index (χ4n) is 3.14. The summed E-state index contributed by atoms with van der Waals surface area (Å²) >= 11 is 0. The van der Waals surface area contributed by atoms with Crippen molar-refractivity contribution in [3.05, 3.63) is 64.4 Å². The Balaban J connectivity index is 1.81. The number of imide groups is 1. The Morgan fingerprint density at radius 3 is 2.56 bits per heavy atom. The molecule has 3 amide bonds. The average Bonchev–Trinajstić information content (AvgIpc) is 3.05. The number of carbonyl (C=O) groups is 2. The number of nitrogens with one attached hydrogen (secondary N) is 1. The van der Waals surface area contributed by atoms with Crippen molar-refractivity contribution in [2.75, 3.05) is 13.7 Å². The fourth-order valence-corrected chi connectivity index (χ4v) is 3.14. The molecule has 1 aliphatic rings. The molecule has 1 aromatic heterocycles. The highest BCUT2D eigenvalue weighted by molar-refractivity contribution is 6.13. The second-order valence-electron chi connectivity index (χ2n) is 6.48. The van der Waals surface area contributed by atoms with Gasteiger partial charge in [0.15, 0.2) is 0 Å². The molecule has 6 nitrogen and oxygen atoms in total. The van der Waals surface area contributed by atoms with E-state index in [4.69, 9.17) is 4.74 Å². The molecule has 2 heterocycles. The molecule has 2 aromatic rings. The lowest BCUT2D eigenvalue weighted by Gasteiger charge is -2.11. The number of ether oxygens (including phenoxy) is 1. The van der Waals surface area contributed by atoms with Gasteiger partial charge in [-0.2, -0.15) is 0 Å². The monoisotopic (exact) mass is 371 g/mol. The summed E-state index contributed by atoms with van der Waals surface area (Å²) in [6, 6.07) is 7.21.